The molecule has 0 radical (unpaired) electrons. The maximum atomic E-state index is 10.9. The summed E-state index contributed by atoms with van der Waals surface area (Å²) in [5, 5.41) is 20.2. The number of nitro benzene ring substituents is 1. The molecule has 0 atom stereocenters. The standard InChI is InChI=1S/C10H6ClN3O4S/c11-4-1-2-5(6(3-4)14(17)18)9-13-7(10(15)16)8(12)19-9/h1-3H,12H2,(H,15,16). The van der Waals surface area contributed by atoms with Gasteiger partial charge in [0.25, 0.3) is 5.69 Å². The van der Waals surface area contributed by atoms with E-state index >= 15 is 0 Å². The molecule has 0 aliphatic carbocycles. The summed E-state index contributed by atoms with van der Waals surface area (Å²) in [6.45, 7) is 0. The van der Waals surface area contributed by atoms with Crippen molar-refractivity contribution < 1.29 is 14.8 Å². The Morgan fingerprint density at radius 1 is 1.53 bits per heavy atom. The van der Waals surface area contributed by atoms with Crippen LogP contribution in [0.5, 0.6) is 0 Å². The first-order chi connectivity index (χ1) is 8.90. The van der Waals surface area contributed by atoms with Crippen LogP contribution >= 0.6 is 22.9 Å². The molecule has 7 nitrogen and oxygen atoms in total. The smallest absolute Gasteiger partial charge is 0.357 e. The highest BCUT2D eigenvalue weighted by Gasteiger charge is 2.22. The SMILES string of the molecule is Nc1sc(-c2ccc(Cl)cc2[N+](=O)[O-])nc1C(=O)O. The Bertz CT molecular complexity index is 685. The van der Waals surface area contributed by atoms with Crippen molar-refractivity contribution in [3.63, 3.8) is 0 Å². The van der Waals surface area contributed by atoms with E-state index in [9.17, 15) is 14.9 Å². The number of rotatable bonds is 3. The van der Waals surface area contributed by atoms with Gasteiger partial charge in [0, 0.05) is 11.1 Å². The lowest BCUT2D eigenvalue weighted by Crippen LogP contribution is -2.00. The van der Waals surface area contributed by atoms with Crippen LogP contribution < -0.4 is 5.73 Å². The number of nitro groups is 1. The second kappa shape index (κ2) is 4.82. The Balaban J connectivity index is 2.62. The van der Waals surface area contributed by atoms with Crippen molar-refractivity contribution in [2.45, 2.75) is 0 Å². The third-order valence-corrected chi connectivity index (χ3v) is 3.40. The molecule has 0 unspecified atom stereocenters. The van der Waals surface area contributed by atoms with Crippen LogP contribution in [0.2, 0.25) is 5.02 Å². The summed E-state index contributed by atoms with van der Waals surface area (Å²) in [5.74, 6) is -1.28. The third-order valence-electron chi connectivity index (χ3n) is 2.24. The van der Waals surface area contributed by atoms with Crippen LogP contribution in [0.15, 0.2) is 18.2 Å². The second-order valence-electron chi connectivity index (χ2n) is 3.46. The normalized spacial score (nSPS) is 10.4. The number of nitrogens with zero attached hydrogens (tertiary/aromatic N) is 2. The first-order valence-electron chi connectivity index (χ1n) is 4.84. The molecule has 0 aliphatic heterocycles. The zero-order chi connectivity index (χ0) is 14.2. The lowest BCUT2D eigenvalue weighted by Gasteiger charge is -1.99. The molecule has 0 saturated carbocycles. The van der Waals surface area contributed by atoms with E-state index in [0.29, 0.717) is 0 Å². The Hall–Kier alpha value is -2.19. The summed E-state index contributed by atoms with van der Waals surface area (Å²) in [4.78, 5) is 25.0. The van der Waals surface area contributed by atoms with Crippen LogP contribution in [0.1, 0.15) is 10.5 Å². The zero-order valence-corrected chi connectivity index (χ0v) is 10.7. The molecule has 0 saturated heterocycles. The number of carboxylic acid groups (broad SMARTS) is 1. The van der Waals surface area contributed by atoms with Crippen molar-refractivity contribution in [2.75, 3.05) is 5.73 Å². The van der Waals surface area contributed by atoms with Gasteiger partial charge >= 0.3 is 5.97 Å². The molecule has 1 heterocycles. The van der Waals surface area contributed by atoms with E-state index in [4.69, 9.17) is 22.4 Å². The van der Waals surface area contributed by atoms with Crippen molar-refractivity contribution >= 4 is 39.6 Å². The molecule has 2 rings (SSSR count). The number of carboxylic acids is 1. The molecular formula is C10H6ClN3O4S. The Labute approximate surface area is 115 Å². The number of hydrogen-bond donors (Lipinski definition) is 2. The van der Waals surface area contributed by atoms with E-state index in [0.717, 1.165) is 11.3 Å². The monoisotopic (exact) mass is 299 g/mol. The van der Waals surface area contributed by atoms with Crippen LogP contribution in [0, 0.1) is 10.1 Å². The minimum Gasteiger partial charge on any atom is -0.476 e. The molecule has 0 bridgehead atoms. The molecule has 1 aromatic carbocycles. The number of anilines is 1. The number of carbonyl (C=O) groups is 1. The molecule has 1 aromatic heterocycles. The number of benzene rings is 1. The molecule has 0 amide bonds. The number of hydrogen-bond acceptors (Lipinski definition) is 6. The van der Waals surface area contributed by atoms with Gasteiger partial charge in [-0.15, -0.1) is 0 Å². The molecule has 0 aliphatic rings. The largest absolute Gasteiger partial charge is 0.476 e. The Morgan fingerprint density at radius 3 is 2.74 bits per heavy atom. The average Bonchev–Trinajstić information content (AvgIpc) is 2.71. The van der Waals surface area contributed by atoms with Gasteiger partial charge in [-0.1, -0.05) is 22.9 Å². The molecule has 2 aromatic rings. The molecule has 0 spiro atoms. The van der Waals surface area contributed by atoms with Crippen LogP contribution in [-0.2, 0) is 0 Å². The Morgan fingerprint density at radius 2 is 2.21 bits per heavy atom. The molecule has 3 N–H and O–H groups in total. The third kappa shape index (κ3) is 2.49. The second-order valence-corrected chi connectivity index (χ2v) is 4.92. The van der Waals surface area contributed by atoms with E-state index in [2.05, 4.69) is 4.98 Å². The number of nitrogen functional groups attached to an aromatic ring is 1. The molecule has 9 heteroatoms. The summed E-state index contributed by atoms with van der Waals surface area (Å²) in [6.07, 6.45) is 0. The van der Waals surface area contributed by atoms with Gasteiger partial charge in [0.1, 0.15) is 10.0 Å². The van der Waals surface area contributed by atoms with Crippen molar-refractivity contribution in [1.82, 2.24) is 4.98 Å². The minimum atomic E-state index is -1.28. The predicted molar refractivity (Wildman–Crippen MR) is 70.6 cm³/mol. The molecular weight excluding hydrogens is 294 g/mol. The highest BCUT2D eigenvalue weighted by atomic mass is 35.5. The van der Waals surface area contributed by atoms with Crippen molar-refractivity contribution in [3.8, 4) is 10.6 Å². The molecule has 98 valence electrons. The van der Waals surface area contributed by atoms with E-state index in [-0.39, 0.29) is 32.0 Å². The van der Waals surface area contributed by atoms with E-state index in [1.165, 1.54) is 18.2 Å². The summed E-state index contributed by atoms with van der Waals surface area (Å²) in [7, 11) is 0. The summed E-state index contributed by atoms with van der Waals surface area (Å²) in [5.41, 5.74) is 5.13. The number of halogens is 1. The van der Waals surface area contributed by atoms with Crippen LogP contribution in [-0.4, -0.2) is 21.0 Å². The maximum absolute atomic E-state index is 10.9. The van der Waals surface area contributed by atoms with Gasteiger partial charge in [0.15, 0.2) is 5.69 Å². The van der Waals surface area contributed by atoms with Crippen LogP contribution in [0.4, 0.5) is 10.7 Å². The van der Waals surface area contributed by atoms with Gasteiger partial charge in [0.05, 0.1) is 10.5 Å². The Kier molecular flexibility index (Phi) is 3.36. The molecule has 19 heavy (non-hydrogen) atoms. The van der Waals surface area contributed by atoms with Crippen molar-refractivity contribution in [1.29, 1.82) is 0 Å². The predicted octanol–water partition coefficient (Wildman–Crippen LogP) is 2.65. The van der Waals surface area contributed by atoms with E-state index < -0.39 is 10.9 Å². The zero-order valence-electron chi connectivity index (χ0n) is 9.16. The van der Waals surface area contributed by atoms with Crippen molar-refractivity contribution in [2.24, 2.45) is 0 Å². The fraction of sp³-hybridized carbons (Fsp3) is 0. The number of aromatic nitrogens is 1. The van der Waals surface area contributed by atoms with Gasteiger partial charge < -0.3 is 10.8 Å². The quantitative estimate of drug-likeness (QED) is 0.664. The minimum absolute atomic E-state index is 0.00764. The van der Waals surface area contributed by atoms with Crippen LogP contribution in [0.3, 0.4) is 0 Å². The summed E-state index contributed by atoms with van der Waals surface area (Å²) in [6, 6.07) is 4.04. The molecule has 0 fully saturated rings. The number of aromatic carboxylic acids is 1. The van der Waals surface area contributed by atoms with Gasteiger partial charge in [-0.2, -0.15) is 0 Å². The first kappa shape index (κ1) is 13.2. The highest BCUT2D eigenvalue weighted by molar-refractivity contribution is 7.19. The topological polar surface area (TPSA) is 119 Å². The van der Waals surface area contributed by atoms with E-state index in [1.54, 1.807) is 0 Å². The number of nitrogens with two attached hydrogens (primary N) is 1. The van der Waals surface area contributed by atoms with Crippen molar-refractivity contribution in [3.05, 3.63) is 39.0 Å². The van der Waals surface area contributed by atoms with Gasteiger partial charge in [-0.3, -0.25) is 10.1 Å². The maximum Gasteiger partial charge on any atom is 0.357 e. The average molecular weight is 300 g/mol. The highest BCUT2D eigenvalue weighted by Crippen LogP contribution is 2.36. The number of thiazole rings is 1. The van der Waals surface area contributed by atoms with Crippen LogP contribution in [0.25, 0.3) is 10.6 Å². The van der Waals surface area contributed by atoms with Gasteiger partial charge in [0.2, 0.25) is 0 Å². The van der Waals surface area contributed by atoms with E-state index in [1.807, 2.05) is 0 Å². The fourth-order valence-corrected chi connectivity index (χ4v) is 2.46. The fourth-order valence-electron chi connectivity index (χ4n) is 1.44. The lowest BCUT2D eigenvalue weighted by molar-refractivity contribution is -0.384. The van der Waals surface area contributed by atoms with Gasteiger partial charge in [-0.05, 0) is 12.1 Å². The lowest BCUT2D eigenvalue weighted by atomic mass is 10.2. The summed E-state index contributed by atoms with van der Waals surface area (Å²) >= 11 is 6.57. The summed E-state index contributed by atoms with van der Waals surface area (Å²) < 4.78 is 0. The van der Waals surface area contributed by atoms with Gasteiger partial charge in [-0.25, -0.2) is 9.78 Å². The first-order valence-corrected chi connectivity index (χ1v) is 6.03.